The molecule has 1 aromatic heterocycles. The Kier molecular flexibility index (Phi) is 3.14. The predicted octanol–water partition coefficient (Wildman–Crippen LogP) is 1.72. The number of pyridine rings is 1. The number of nitrogens with one attached hydrogen (secondary N) is 1. The van der Waals surface area contributed by atoms with Crippen LogP contribution in [0.25, 0.3) is 0 Å². The van der Waals surface area contributed by atoms with Gasteiger partial charge in [-0.2, -0.15) is 4.57 Å². The summed E-state index contributed by atoms with van der Waals surface area (Å²) < 4.78 is 7.95. The van der Waals surface area contributed by atoms with Crippen molar-refractivity contribution in [3.05, 3.63) is 54.4 Å². The van der Waals surface area contributed by atoms with E-state index in [-0.39, 0.29) is 6.23 Å². The van der Waals surface area contributed by atoms with E-state index in [0.717, 1.165) is 23.3 Å². The molecule has 2 heterocycles. The molecule has 1 atom stereocenters. The Morgan fingerprint density at radius 2 is 2.05 bits per heavy atom. The Hall–Kier alpha value is -2.36. The molecule has 3 rings (SSSR count). The molecule has 4 heteroatoms. The largest absolute Gasteiger partial charge is 0.430 e. The first kappa shape index (κ1) is 11.7. The van der Waals surface area contributed by atoms with Crippen molar-refractivity contribution in [3.63, 3.8) is 0 Å². The number of hydrogen-bond acceptors (Lipinski definition) is 3. The van der Waals surface area contributed by atoms with Gasteiger partial charge in [-0.1, -0.05) is 12.1 Å². The number of fused-ring (bicyclic) bond motifs is 1. The maximum atomic E-state index is 10.5. The van der Waals surface area contributed by atoms with Gasteiger partial charge in [0.2, 0.25) is 0 Å². The number of para-hydroxylation sites is 2. The molecule has 0 bridgehead atoms. The number of benzene rings is 1. The van der Waals surface area contributed by atoms with Crippen molar-refractivity contribution >= 4 is 12.0 Å². The highest BCUT2D eigenvalue weighted by atomic mass is 16.5. The molecule has 0 fully saturated rings. The zero-order valence-corrected chi connectivity index (χ0v) is 10.5. The summed E-state index contributed by atoms with van der Waals surface area (Å²) in [6, 6.07) is 11.8. The Morgan fingerprint density at radius 3 is 2.84 bits per heavy atom. The molecule has 1 N–H and O–H groups in total. The lowest BCUT2D eigenvalue weighted by atomic mass is 10.2. The number of aldehydes is 1. The van der Waals surface area contributed by atoms with Crippen LogP contribution in [0.3, 0.4) is 0 Å². The highest BCUT2D eigenvalue weighted by Crippen LogP contribution is 2.29. The number of anilines is 1. The topological polar surface area (TPSA) is 42.2 Å². The Morgan fingerprint density at radius 1 is 1.26 bits per heavy atom. The molecular weight excluding hydrogens is 240 g/mol. The van der Waals surface area contributed by atoms with Crippen LogP contribution in [-0.4, -0.2) is 12.8 Å². The molecule has 0 radical (unpaired) electrons. The number of carbonyl (C=O) groups excluding carboxylic acids is 1. The first-order valence-corrected chi connectivity index (χ1v) is 6.30. The summed E-state index contributed by atoms with van der Waals surface area (Å²) in [6.07, 6.45) is 5.18. The molecule has 1 aliphatic rings. The fourth-order valence-corrected chi connectivity index (χ4v) is 2.16. The zero-order valence-electron chi connectivity index (χ0n) is 10.5. The van der Waals surface area contributed by atoms with Crippen molar-refractivity contribution in [1.82, 2.24) is 0 Å². The number of rotatable bonds is 3. The third-order valence-corrected chi connectivity index (χ3v) is 3.19. The Bertz CT molecular complexity index is 581. The van der Waals surface area contributed by atoms with E-state index in [1.807, 2.05) is 53.4 Å². The second kappa shape index (κ2) is 5.10. The summed E-state index contributed by atoms with van der Waals surface area (Å²) in [4.78, 5) is 10.5. The molecule has 0 aliphatic carbocycles. The molecule has 1 aromatic carbocycles. The SMILES string of the molecule is O=CCc1cc[n+](C2CNc3ccccc3O2)cc1. The molecule has 96 valence electrons. The van der Waals surface area contributed by atoms with Crippen molar-refractivity contribution in [1.29, 1.82) is 0 Å². The van der Waals surface area contributed by atoms with E-state index < -0.39 is 0 Å². The van der Waals surface area contributed by atoms with Gasteiger partial charge in [0.15, 0.2) is 12.4 Å². The number of carbonyl (C=O) groups is 1. The van der Waals surface area contributed by atoms with Gasteiger partial charge in [0.25, 0.3) is 0 Å². The van der Waals surface area contributed by atoms with Crippen molar-refractivity contribution < 1.29 is 14.1 Å². The molecule has 0 spiro atoms. The van der Waals surface area contributed by atoms with Gasteiger partial charge in [-0.15, -0.1) is 0 Å². The third-order valence-electron chi connectivity index (χ3n) is 3.19. The molecule has 1 unspecified atom stereocenters. The van der Waals surface area contributed by atoms with Crippen molar-refractivity contribution in [2.75, 3.05) is 11.9 Å². The van der Waals surface area contributed by atoms with Gasteiger partial charge in [0.1, 0.15) is 18.6 Å². The minimum atomic E-state index is -0.0693. The monoisotopic (exact) mass is 255 g/mol. The highest BCUT2D eigenvalue weighted by molar-refractivity contribution is 5.57. The van der Waals surface area contributed by atoms with Crippen LogP contribution in [0, 0.1) is 0 Å². The Labute approximate surface area is 111 Å². The van der Waals surface area contributed by atoms with Gasteiger partial charge < -0.3 is 14.8 Å². The van der Waals surface area contributed by atoms with Crippen LogP contribution in [0.4, 0.5) is 5.69 Å². The quantitative estimate of drug-likeness (QED) is 0.670. The first-order valence-electron chi connectivity index (χ1n) is 6.30. The summed E-state index contributed by atoms with van der Waals surface area (Å²) in [5.41, 5.74) is 2.03. The first-order chi connectivity index (χ1) is 9.36. The molecule has 4 nitrogen and oxygen atoms in total. The summed E-state index contributed by atoms with van der Waals surface area (Å²) in [7, 11) is 0. The number of aromatic nitrogens is 1. The van der Waals surface area contributed by atoms with E-state index in [0.29, 0.717) is 13.0 Å². The fraction of sp³-hybridized carbons (Fsp3) is 0.200. The summed E-state index contributed by atoms with van der Waals surface area (Å²) >= 11 is 0. The normalized spacial score (nSPS) is 16.9. The van der Waals surface area contributed by atoms with Gasteiger partial charge in [0.05, 0.1) is 5.69 Å². The van der Waals surface area contributed by atoms with Crippen LogP contribution in [0.2, 0.25) is 0 Å². The zero-order chi connectivity index (χ0) is 13.1. The second-order valence-corrected chi connectivity index (χ2v) is 4.47. The van der Waals surface area contributed by atoms with Crippen molar-refractivity contribution in [2.24, 2.45) is 0 Å². The Balaban J connectivity index is 1.79. The lowest BCUT2D eigenvalue weighted by Crippen LogP contribution is -2.47. The van der Waals surface area contributed by atoms with E-state index in [1.165, 1.54) is 0 Å². The smallest absolute Gasteiger partial charge is 0.319 e. The number of hydrogen-bond donors (Lipinski definition) is 1. The summed E-state index contributed by atoms with van der Waals surface area (Å²) in [5.74, 6) is 0.864. The average Bonchev–Trinajstić information content (AvgIpc) is 2.48. The highest BCUT2D eigenvalue weighted by Gasteiger charge is 2.25. The maximum Gasteiger partial charge on any atom is 0.319 e. The molecule has 0 saturated heterocycles. The fourth-order valence-electron chi connectivity index (χ4n) is 2.16. The van der Waals surface area contributed by atoms with Gasteiger partial charge in [-0.05, 0) is 17.7 Å². The predicted molar refractivity (Wildman–Crippen MR) is 71.0 cm³/mol. The maximum absolute atomic E-state index is 10.5. The van der Waals surface area contributed by atoms with Crippen LogP contribution in [0.5, 0.6) is 5.75 Å². The van der Waals surface area contributed by atoms with E-state index in [1.54, 1.807) is 0 Å². The van der Waals surface area contributed by atoms with E-state index >= 15 is 0 Å². The minimum absolute atomic E-state index is 0.0693. The summed E-state index contributed by atoms with van der Waals surface area (Å²) in [5, 5.41) is 3.35. The molecule has 0 saturated carbocycles. The standard InChI is InChI=1S/C15H15N2O2/c18-10-7-12-5-8-17(9-6-12)15-11-16-13-3-1-2-4-14(13)19-15/h1-6,8-10,15-16H,7,11H2/q+1. The third kappa shape index (κ3) is 2.42. The van der Waals surface area contributed by atoms with Crippen molar-refractivity contribution in [2.45, 2.75) is 12.6 Å². The molecule has 19 heavy (non-hydrogen) atoms. The lowest BCUT2D eigenvalue weighted by Gasteiger charge is -2.23. The van der Waals surface area contributed by atoms with Gasteiger partial charge in [0, 0.05) is 18.6 Å². The van der Waals surface area contributed by atoms with Crippen LogP contribution < -0.4 is 14.6 Å². The molecule has 0 amide bonds. The minimum Gasteiger partial charge on any atom is -0.430 e. The molecule has 1 aliphatic heterocycles. The number of nitrogens with zero attached hydrogens (tertiary/aromatic N) is 1. The van der Waals surface area contributed by atoms with Crippen LogP contribution in [-0.2, 0) is 11.2 Å². The second-order valence-electron chi connectivity index (χ2n) is 4.47. The molecule has 2 aromatic rings. The van der Waals surface area contributed by atoms with Gasteiger partial charge >= 0.3 is 6.23 Å². The average molecular weight is 255 g/mol. The van der Waals surface area contributed by atoms with Crippen LogP contribution >= 0.6 is 0 Å². The summed E-state index contributed by atoms with van der Waals surface area (Å²) in [6.45, 7) is 0.717. The van der Waals surface area contributed by atoms with Crippen LogP contribution in [0.15, 0.2) is 48.8 Å². The molecular formula is C15H15N2O2+. The van der Waals surface area contributed by atoms with E-state index in [9.17, 15) is 4.79 Å². The van der Waals surface area contributed by atoms with Gasteiger partial charge in [-0.25, -0.2) is 0 Å². The van der Waals surface area contributed by atoms with Gasteiger partial charge in [-0.3, -0.25) is 0 Å². The van der Waals surface area contributed by atoms with E-state index in [2.05, 4.69) is 5.32 Å². The number of ether oxygens (including phenoxy) is 1. The van der Waals surface area contributed by atoms with Crippen molar-refractivity contribution in [3.8, 4) is 5.75 Å². The van der Waals surface area contributed by atoms with Crippen LogP contribution in [0.1, 0.15) is 11.8 Å². The lowest BCUT2D eigenvalue weighted by molar-refractivity contribution is -0.751. The van der Waals surface area contributed by atoms with E-state index in [4.69, 9.17) is 4.74 Å².